The van der Waals surface area contributed by atoms with Gasteiger partial charge in [-0.1, -0.05) is 103 Å². The van der Waals surface area contributed by atoms with E-state index in [9.17, 15) is 5.26 Å². The van der Waals surface area contributed by atoms with Gasteiger partial charge >= 0.3 is 0 Å². The molecule has 0 aliphatic carbocycles. The summed E-state index contributed by atoms with van der Waals surface area (Å²) in [7, 11) is 1.67. The fraction of sp³-hybridized carbons (Fsp3) is 0.167. The van der Waals surface area contributed by atoms with Gasteiger partial charge in [-0.25, -0.2) is 0 Å². The maximum Gasteiger partial charge on any atom is 0.118 e. The van der Waals surface area contributed by atoms with Gasteiger partial charge in [0, 0.05) is 12.0 Å². The van der Waals surface area contributed by atoms with Gasteiger partial charge in [-0.15, -0.1) is 0 Å². The van der Waals surface area contributed by atoms with E-state index in [0.717, 1.165) is 22.4 Å². The summed E-state index contributed by atoms with van der Waals surface area (Å²) < 4.78 is 5.39. The molecule has 162 valence electrons. The second kappa shape index (κ2) is 8.94. The molecule has 3 heteroatoms. The number of nitrogens with one attached hydrogen (secondary N) is 1. The summed E-state index contributed by atoms with van der Waals surface area (Å²) in [5, 5.41) is 14.9. The molecule has 0 spiro atoms. The van der Waals surface area contributed by atoms with Gasteiger partial charge < -0.3 is 10.1 Å². The van der Waals surface area contributed by atoms with Crippen LogP contribution in [0.3, 0.4) is 0 Å². The highest BCUT2D eigenvalue weighted by Crippen LogP contribution is 2.58. The number of ether oxygens (including phenoxy) is 1. The van der Waals surface area contributed by atoms with Crippen molar-refractivity contribution in [2.75, 3.05) is 7.11 Å². The molecule has 3 nitrogen and oxygen atoms in total. The highest BCUT2D eigenvalue weighted by atomic mass is 16.5. The lowest BCUT2D eigenvalue weighted by atomic mass is 9.63. The molecule has 1 heterocycles. The maximum atomic E-state index is 11.0. The third-order valence-corrected chi connectivity index (χ3v) is 6.83. The molecular weight excluding hydrogens is 404 g/mol. The lowest BCUT2D eigenvalue weighted by molar-refractivity contribution is 0.412. The lowest BCUT2D eigenvalue weighted by Gasteiger charge is -2.35. The van der Waals surface area contributed by atoms with Gasteiger partial charge in [0.1, 0.15) is 11.2 Å². The molecule has 1 aliphatic heterocycles. The highest BCUT2D eigenvalue weighted by Gasteiger charge is 2.57. The Labute approximate surface area is 195 Å². The molecule has 0 bridgehead atoms. The number of hydrogen-bond acceptors (Lipinski definition) is 3. The van der Waals surface area contributed by atoms with Crippen LogP contribution in [0.2, 0.25) is 0 Å². The zero-order chi connectivity index (χ0) is 22.7. The van der Waals surface area contributed by atoms with Crippen LogP contribution in [0.15, 0.2) is 115 Å². The Morgan fingerprint density at radius 2 is 1.24 bits per heavy atom. The van der Waals surface area contributed by atoms with Crippen LogP contribution in [0.5, 0.6) is 5.75 Å². The van der Waals surface area contributed by atoms with Crippen molar-refractivity contribution in [3.8, 4) is 11.8 Å². The van der Waals surface area contributed by atoms with E-state index in [4.69, 9.17) is 4.74 Å². The Balaban J connectivity index is 1.77. The molecular formula is C30H26N2O. The van der Waals surface area contributed by atoms with Crippen LogP contribution in [0.25, 0.3) is 0 Å². The fourth-order valence-corrected chi connectivity index (χ4v) is 5.33. The predicted octanol–water partition coefficient (Wildman–Crippen LogP) is 6.33. The SMILES string of the molecule is COc1ccc(C2NC(c3ccccc3)C(c3ccccc3)C2(C#N)c2ccccc2)cc1. The first-order chi connectivity index (χ1) is 16.3. The third-order valence-electron chi connectivity index (χ3n) is 6.83. The molecule has 4 aromatic rings. The topological polar surface area (TPSA) is 45.0 Å². The molecule has 0 amide bonds. The summed E-state index contributed by atoms with van der Waals surface area (Å²) >= 11 is 0. The number of rotatable bonds is 5. The Bertz CT molecular complexity index is 1230. The quantitative estimate of drug-likeness (QED) is 0.403. The van der Waals surface area contributed by atoms with Gasteiger partial charge in [-0.05, 0) is 34.4 Å². The zero-order valence-electron chi connectivity index (χ0n) is 18.6. The van der Waals surface area contributed by atoms with Crippen LogP contribution < -0.4 is 10.1 Å². The van der Waals surface area contributed by atoms with E-state index in [-0.39, 0.29) is 18.0 Å². The maximum absolute atomic E-state index is 11.0. The largest absolute Gasteiger partial charge is 0.497 e. The number of nitrogens with zero attached hydrogens (tertiary/aromatic N) is 1. The van der Waals surface area contributed by atoms with Crippen molar-refractivity contribution in [2.24, 2.45) is 0 Å². The predicted molar refractivity (Wildman–Crippen MR) is 131 cm³/mol. The Hall–Kier alpha value is -3.87. The van der Waals surface area contributed by atoms with E-state index in [0.29, 0.717) is 0 Å². The molecule has 0 aromatic heterocycles. The minimum absolute atomic E-state index is 0.0273. The third kappa shape index (κ3) is 3.59. The average Bonchev–Trinajstić information content (AvgIpc) is 3.26. The number of hydrogen-bond donors (Lipinski definition) is 1. The standard InChI is InChI=1S/C30H26N2O/c1-33-26-19-17-24(18-20-26)29-30(21-31,25-15-9-4-10-16-25)27(22-11-5-2-6-12-22)28(32-29)23-13-7-3-8-14-23/h2-20,27-29,32H,1H3. The van der Waals surface area contributed by atoms with Crippen LogP contribution in [0.4, 0.5) is 0 Å². The molecule has 1 N–H and O–H groups in total. The molecule has 1 fully saturated rings. The van der Waals surface area contributed by atoms with Gasteiger partial charge in [-0.2, -0.15) is 5.26 Å². The summed E-state index contributed by atoms with van der Waals surface area (Å²) in [5.41, 5.74) is 3.62. The van der Waals surface area contributed by atoms with Crippen LogP contribution >= 0.6 is 0 Å². The number of benzene rings is 4. The summed E-state index contributed by atoms with van der Waals surface area (Å²) in [6.07, 6.45) is 0. The molecule has 33 heavy (non-hydrogen) atoms. The second-order valence-corrected chi connectivity index (χ2v) is 8.50. The fourth-order valence-electron chi connectivity index (χ4n) is 5.33. The summed E-state index contributed by atoms with van der Waals surface area (Å²) in [6, 6.07) is 41.8. The van der Waals surface area contributed by atoms with E-state index in [1.807, 2.05) is 42.5 Å². The van der Waals surface area contributed by atoms with E-state index < -0.39 is 5.41 Å². The van der Waals surface area contributed by atoms with Crippen molar-refractivity contribution in [3.05, 3.63) is 138 Å². The molecule has 0 saturated carbocycles. The second-order valence-electron chi connectivity index (χ2n) is 8.50. The van der Waals surface area contributed by atoms with Crippen molar-refractivity contribution in [1.29, 1.82) is 5.26 Å². The molecule has 4 aromatic carbocycles. The Morgan fingerprint density at radius 3 is 1.79 bits per heavy atom. The van der Waals surface area contributed by atoms with Crippen molar-refractivity contribution in [3.63, 3.8) is 0 Å². The lowest BCUT2D eigenvalue weighted by Crippen LogP contribution is -2.35. The van der Waals surface area contributed by atoms with Gasteiger partial charge in [0.2, 0.25) is 0 Å². The van der Waals surface area contributed by atoms with E-state index in [1.165, 1.54) is 5.56 Å². The molecule has 0 radical (unpaired) electrons. The smallest absolute Gasteiger partial charge is 0.118 e. The summed E-state index contributed by atoms with van der Waals surface area (Å²) in [6.45, 7) is 0. The first kappa shape index (κ1) is 21.0. The van der Waals surface area contributed by atoms with Crippen molar-refractivity contribution < 1.29 is 4.74 Å². The zero-order valence-corrected chi connectivity index (χ0v) is 18.6. The van der Waals surface area contributed by atoms with Crippen LogP contribution in [0.1, 0.15) is 40.3 Å². The van der Waals surface area contributed by atoms with Gasteiger partial charge in [0.05, 0.1) is 19.2 Å². The van der Waals surface area contributed by atoms with Crippen molar-refractivity contribution in [1.82, 2.24) is 5.32 Å². The van der Waals surface area contributed by atoms with E-state index in [1.54, 1.807) is 7.11 Å². The molecule has 1 saturated heterocycles. The van der Waals surface area contributed by atoms with Crippen molar-refractivity contribution in [2.45, 2.75) is 23.4 Å². The number of methoxy groups -OCH3 is 1. The Kier molecular flexibility index (Phi) is 5.69. The van der Waals surface area contributed by atoms with Gasteiger partial charge in [0.25, 0.3) is 0 Å². The van der Waals surface area contributed by atoms with Gasteiger partial charge in [-0.3, -0.25) is 0 Å². The first-order valence-corrected chi connectivity index (χ1v) is 11.2. The summed E-state index contributed by atoms with van der Waals surface area (Å²) in [4.78, 5) is 0. The van der Waals surface area contributed by atoms with Crippen LogP contribution in [0, 0.1) is 11.3 Å². The first-order valence-electron chi connectivity index (χ1n) is 11.2. The average molecular weight is 431 g/mol. The molecule has 1 aliphatic rings. The van der Waals surface area contributed by atoms with E-state index in [2.05, 4.69) is 84.2 Å². The highest BCUT2D eigenvalue weighted by molar-refractivity contribution is 5.51. The van der Waals surface area contributed by atoms with Crippen LogP contribution in [-0.4, -0.2) is 7.11 Å². The van der Waals surface area contributed by atoms with E-state index >= 15 is 0 Å². The minimum Gasteiger partial charge on any atom is -0.497 e. The Morgan fingerprint density at radius 1 is 0.697 bits per heavy atom. The normalized spacial score (nSPS) is 24.2. The molecule has 4 unspecified atom stereocenters. The van der Waals surface area contributed by atoms with Gasteiger partial charge in [0.15, 0.2) is 0 Å². The summed E-state index contributed by atoms with van der Waals surface area (Å²) in [5.74, 6) is 0.721. The minimum atomic E-state index is -0.808. The monoisotopic (exact) mass is 430 g/mol. The molecule has 5 rings (SSSR count). The van der Waals surface area contributed by atoms with Crippen LogP contribution in [-0.2, 0) is 5.41 Å². The number of nitriles is 1. The molecule has 4 atom stereocenters. The van der Waals surface area contributed by atoms with Crippen molar-refractivity contribution >= 4 is 0 Å².